The van der Waals surface area contributed by atoms with E-state index >= 15 is 0 Å². The molecule has 1 unspecified atom stereocenters. The number of aromatic nitrogens is 2. The Labute approximate surface area is 185 Å². The van der Waals surface area contributed by atoms with Crippen molar-refractivity contribution in [2.24, 2.45) is 0 Å². The van der Waals surface area contributed by atoms with Crippen molar-refractivity contribution in [3.8, 4) is 11.6 Å². The van der Waals surface area contributed by atoms with E-state index < -0.39 is 42.5 Å². The molecule has 1 aliphatic heterocycles. The van der Waals surface area contributed by atoms with Gasteiger partial charge in [-0.2, -0.15) is 5.10 Å². The van der Waals surface area contributed by atoms with E-state index in [-0.39, 0.29) is 13.0 Å². The monoisotopic (exact) mass is 446 g/mol. The highest BCUT2D eigenvalue weighted by Gasteiger charge is 2.44. The molecule has 0 saturated carbocycles. The Hall–Kier alpha value is -3.40. The minimum atomic E-state index is -0.962. The minimum Gasteiger partial charge on any atom is -0.463 e. The average molecular weight is 446 g/mol. The van der Waals surface area contributed by atoms with E-state index in [0.717, 1.165) is 11.4 Å². The maximum absolute atomic E-state index is 11.7. The average Bonchev–Trinajstić information content (AvgIpc) is 3.08. The number of hydrogen-bond acceptors (Lipinski definition) is 9. The van der Waals surface area contributed by atoms with Gasteiger partial charge in [0.2, 0.25) is 12.2 Å². The Morgan fingerprint density at radius 2 is 1.75 bits per heavy atom. The second-order valence-corrected chi connectivity index (χ2v) is 7.35. The lowest BCUT2D eigenvalue weighted by molar-refractivity contribution is -0.246. The normalized spacial score (nSPS) is 22.6. The zero-order valence-electron chi connectivity index (χ0n) is 18.3. The standard InChI is InChI=1S/C22H26N2O8/c1-13-10-20(24(23-13)17-8-6-5-7-9-17)32-21-11-18(29-15(3)26)22(30-16(4)27)19(31-21)12-28-14(2)25/h5-10,18-19,21-22H,11-12H2,1-4H3/t18-,19-,21?,22+/m1/s1. The molecule has 1 aromatic heterocycles. The molecule has 10 nitrogen and oxygen atoms in total. The smallest absolute Gasteiger partial charge is 0.303 e. The van der Waals surface area contributed by atoms with Gasteiger partial charge in [-0.15, -0.1) is 0 Å². The summed E-state index contributed by atoms with van der Waals surface area (Å²) in [5.41, 5.74) is 1.52. The molecule has 1 aromatic carbocycles. The number of rotatable bonds is 7. The molecule has 32 heavy (non-hydrogen) atoms. The number of carbonyl (C=O) groups excluding carboxylic acids is 3. The molecule has 1 fully saturated rings. The van der Waals surface area contributed by atoms with Crippen LogP contribution in [-0.2, 0) is 33.3 Å². The van der Waals surface area contributed by atoms with Gasteiger partial charge in [0.25, 0.3) is 0 Å². The first-order chi connectivity index (χ1) is 15.2. The van der Waals surface area contributed by atoms with Crippen LogP contribution in [0.5, 0.6) is 5.88 Å². The predicted molar refractivity (Wildman–Crippen MR) is 110 cm³/mol. The van der Waals surface area contributed by atoms with Gasteiger partial charge >= 0.3 is 17.9 Å². The molecule has 2 heterocycles. The summed E-state index contributed by atoms with van der Waals surface area (Å²) < 4.78 is 29.5. The first-order valence-corrected chi connectivity index (χ1v) is 10.1. The van der Waals surface area contributed by atoms with Gasteiger partial charge < -0.3 is 23.7 Å². The Morgan fingerprint density at radius 1 is 1.06 bits per heavy atom. The van der Waals surface area contributed by atoms with Crippen LogP contribution in [0.25, 0.3) is 5.69 Å². The second-order valence-electron chi connectivity index (χ2n) is 7.35. The lowest BCUT2D eigenvalue weighted by atomic mass is 10.0. The molecule has 4 atom stereocenters. The van der Waals surface area contributed by atoms with Crippen molar-refractivity contribution in [2.75, 3.05) is 6.61 Å². The number of benzene rings is 1. The highest BCUT2D eigenvalue weighted by molar-refractivity contribution is 5.67. The van der Waals surface area contributed by atoms with Crippen molar-refractivity contribution in [3.05, 3.63) is 42.1 Å². The van der Waals surface area contributed by atoms with E-state index in [2.05, 4.69) is 5.10 Å². The lowest BCUT2D eigenvalue weighted by Gasteiger charge is -2.39. The summed E-state index contributed by atoms with van der Waals surface area (Å²) in [4.78, 5) is 34.7. The van der Waals surface area contributed by atoms with Crippen LogP contribution >= 0.6 is 0 Å². The third kappa shape index (κ3) is 6.07. The van der Waals surface area contributed by atoms with E-state index in [1.165, 1.54) is 20.8 Å². The highest BCUT2D eigenvalue weighted by atomic mass is 16.7. The molecular weight excluding hydrogens is 420 g/mol. The van der Waals surface area contributed by atoms with Crippen LogP contribution in [0.1, 0.15) is 32.9 Å². The van der Waals surface area contributed by atoms with Gasteiger partial charge in [-0.25, -0.2) is 4.68 Å². The van der Waals surface area contributed by atoms with Crippen molar-refractivity contribution in [1.29, 1.82) is 0 Å². The molecule has 0 radical (unpaired) electrons. The van der Waals surface area contributed by atoms with Gasteiger partial charge in [-0.1, -0.05) is 18.2 Å². The van der Waals surface area contributed by atoms with Crippen molar-refractivity contribution in [2.45, 2.75) is 58.7 Å². The van der Waals surface area contributed by atoms with Crippen LogP contribution < -0.4 is 4.74 Å². The van der Waals surface area contributed by atoms with Crippen LogP contribution in [0.4, 0.5) is 0 Å². The number of hydrogen-bond donors (Lipinski definition) is 0. The van der Waals surface area contributed by atoms with Gasteiger partial charge in [0.05, 0.1) is 17.8 Å². The zero-order chi connectivity index (χ0) is 23.3. The van der Waals surface area contributed by atoms with Gasteiger partial charge in [0.1, 0.15) is 18.8 Å². The first-order valence-electron chi connectivity index (χ1n) is 10.1. The molecule has 1 aliphatic rings. The number of nitrogens with zero attached hydrogens (tertiary/aromatic N) is 2. The van der Waals surface area contributed by atoms with Crippen LogP contribution in [-0.4, -0.2) is 58.9 Å². The highest BCUT2D eigenvalue weighted by Crippen LogP contribution is 2.29. The fourth-order valence-corrected chi connectivity index (χ4v) is 3.42. The molecule has 0 amide bonds. The number of para-hydroxylation sites is 1. The Balaban J connectivity index is 1.86. The molecule has 3 rings (SSSR count). The van der Waals surface area contributed by atoms with Crippen molar-refractivity contribution in [1.82, 2.24) is 9.78 Å². The van der Waals surface area contributed by atoms with Gasteiger partial charge in [0, 0.05) is 26.8 Å². The maximum atomic E-state index is 11.7. The molecule has 0 bridgehead atoms. The van der Waals surface area contributed by atoms with Gasteiger partial charge in [-0.05, 0) is 19.1 Å². The fourth-order valence-electron chi connectivity index (χ4n) is 3.42. The topological polar surface area (TPSA) is 115 Å². The fraction of sp³-hybridized carbons (Fsp3) is 0.455. The van der Waals surface area contributed by atoms with Gasteiger partial charge in [0.15, 0.2) is 6.10 Å². The Kier molecular flexibility index (Phi) is 7.47. The van der Waals surface area contributed by atoms with Crippen LogP contribution in [0.3, 0.4) is 0 Å². The van der Waals surface area contributed by atoms with Crippen molar-refractivity contribution >= 4 is 17.9 Å². The van der Waals surface area contributed by atoms with Crippen molar-refractivity contribution in [3.63, 3.8) is 0 Å². The number of esters is 3. The summed E-state index contributed by atoms with van der Waals surface area (Å²) >= 11 is 0. The van der Waals surface area contributed by atoms with Crippen LogP contribution in [0, 0.1) is 6.92 Å². The van der Waals surface area contributed by atoms with E-state index in [0.29, 0.717) is 5.88 Å². The van der Waals surface area contributed by atoms with Crippen LogP contribution in [0.15, 0.2) is 36.4 Å². The summed E-state index contributed by atoms with van der Waals surface area (Å²) in [6, 6.07) is 11.1. The quantitative estimate of drug-likeness (QED) is 0.466. The van der Waals surface area contributed by atoms with E-state index in [9.17, 15) is 14.4 Å². The van der Waals surface area contributed by atoms with Crippen molar-refractivity contribution < 1.29 is 38.1 Å². The Bertz CT molecular complexity index is 958. The van der Waals surface area contributed by atoms with E-state index in [4.69, 9.17) is 23.7 Å². The van der Waals surface area contributed by atoms with Crippen LogP contribution in [0.2, 0.25) is 0 Å². The molecule has 0 N–H and O–H groups in total. The summed E-state index contributed by atoms with van der Waals surface area (Å²) in [7, 11) is 0. The summed E-state index contributed by atoms with van der Waals surface area (Å²) in [6.07, 6.45) is -3.51. The summed E-state index contributed by atoms with van der Waals surface area (Å²) in [5.74, 6) is -1.25. The molecule has 1 saturated heterocycles. The number of carbonyl (C=O) groups is 3. The molecular formula is C22H26N2O8. The molecule has 0 spiro atoms. The van der Waals surface area contributed by atoms with Gasteiger partial charge in [-0.3, -0.25) is 14.4 Å². The maximum Gasteiger partial charge on any atom is 0.303 e. The molecule has 172 valence electrons. The summed E-state index contributed by atoms with van der Waals surface area (Å²) in [6.45, 7) is 5.36. The molecule has 0 aliphatic carbocycles. The van der Waals surface area contributed by atoms with E-state index in [1.807, 2.05) is 37.3 Å². The zero-order valence-corrected chi connectivity index (χ0v) is 18.3. The largest absolute Gasteiger partial charge is 0.463 e. The summed E-state index contributed by atoms with van der Waals surface area (Å²) in [5, 5.41) is 4.46. The predicted octanol–water partition coefficient (Wildman–Crippen LogP) is 2.10. The minimum absolute atomic E-state index is 0.0904. The third-order valence-corrected chi connectivity index (χ3v) is 4.61. The SMILES string of the molecule is CC(=O)OC[C@H]1OC(Oc2cc(C)nn2-c2ccccc2)C[C@@H](OC(C)=O)[C@@H]1OC(C)=O. The number of ether oxygens (including phenoxy) is 5. The molecule has 10 heteroatoms. The third-order valence-electron chi connectivity index (χ3n) is 4.61. The lowest BCUT2D eigenvalue weighted by Crippen LogP contribution is -2.54. The Morgan fingerprint density at radius 3 is 2.38 bits per heavy atom. The van der Waals surface area contributed by atoms with E-state index in [1.54, 1.807) is 10.7 Å². The second kappa shape index (κ2) is 10.3. The first kappa shape index (κ1) is 23.3. The number of aryl methyl sites for hydroxylation is 1. The molecule has 2 aromatic rings.